The summed E-state index contributed by atoms with van der Waals surface area (Å²) in [5.74, 6) is -0.901. The number of hydrogen-bond donors (Lipinski definition) is 1. The zero-order chi connectivity index (χ0) is 22.7. The quantitative estimate of drug-likeness (QED) is 0.591. The Bertz CT molecular complexity index is 1150. The van der Waals surface area contributed by atoms with Gasteiger partial charge in [-0.2, -0.15) is 5.10 Å². The first-order valence-corrected chi connectivity index (χ1v) is 10.5. The number of anilines is 2. The number of nitrogens with one attached hydrogen (secondary N) is 1. The summed E-state index contributed by atoms with van der Waals surface area (Å²) in [5.41, 5.74) is 3.31. The second kappa shape index (κ2) is 9.42. The van der Waals surface area contributed by atoms with Crippen LogP contribution in [0.4, 0.5) is 11.4 Å². The van der Waals surface area contributed by atoms with Crippen molar-refractivity contribution >= 4 is 34.9 Å². The maximum absolute atomic E-state index is 13.0. The summed E-state index contributed by atoms with van der Waals surface area (Å²) in [6.45, 7) is 4.51. The van der Waals surface area contributed by atoms with Crippen LogP contribution in [0.15, 0.2) is 48.7 Å². The molecule has 0 bridgehead atoms. The van der Waals surface area contributed by atoms with Crippen LogP contribution in [-0.4, -0.2) is 55.1 Å². The molecule has 1 N–H and O–H groups in total. The first kappa shape index (κ1) is 21.9. The Hall–Kier alpha value is -3.36. The summed E-state index contributed by atoms with van der Waals surface area (Å²) in [6.07, 6.45) is 1.49. The monoisotopic (exact) mass is 454 g/mol. The lowest BCUT2D eigenvalue weighted by molar-refractivity contribution is 0.0602. The Balaban J connectivity index is 1.61. The van der Waals surface area contributed by atoms with E-state index in [1.54, 1.807) is 35.9 Å². The number of amides is 1. The van der Waals surface area contributed by atoms with Crippen molar-refractivity contribution in [3.05, 3.63) is 70.5 Å². The Morgan fingerprint density at radius 3 is 2.59 bits per heavy atom. The molecule has 1 aliphatic heterocycles. The topological polar surface area (TPSA) is 85.7 Å². The maximum Gasteiger partial charge on any atom is 0.340 e. The van der Waals surface area contributed by atoms with E-state index in [9.17, 15) is 9.59 Å². The molecule has 1 fully saturated rings. The van der Waals surface area contributed by atoms with Crippen molar-refractivity contribution in [3.63, 3.8) is 0 Å². The molecule has 0 saturated carbocycles. The Morgan fingerprint density at radius 2 is 1.88 bits per heavy atom. The average molecular weight is 455 g/mol. The molecule has 4 rings (SSSR count). The number of benzene rings is 2. The van der Waals surface area contributed by atoms with Crippen molar-refractivity contribution in [3.8, 4) is 5.69 Å². The van der Waals surface area contributed by atoms with Gasteiger partial charge in [-0.25, -0.2) is 9.48 Å². The molecule has 32 heavy (non-hydrogen) atoms. The van der Waals surface area contributed by atoms with Gasteiger partial charge in [0.05, 0.1) is 54.7 Å². The SMILES string of the molecule is COC(=O)c1cc(N2CCOCC2)ccc1NC(=O)c1cnn(-c2cccc(Cl)c2)c1C. The van der Waals surface area contributed by atoms with Gasteiger partial charge in [-0.05, 0) is 43.3 Å². The molecule has 0 aliphatic carbocycles. The number of ether oxygens (including phenoxy) is 2. The molecule has 1 aromatic heterocycles. The van der Waals surface area contributed by atoms with Crippen LogP contribution in [0.25, 0.3) is 5.69 Å². The minimum absolute atomic E-state index is 0.282. The van der Waals surface area contributed by atoms with Crippen LogP contribution in [0.2, 0.25) is 5.02 Å². The summed E-state index contributed by atoms with van der Waals surface area (Å²) in [4.78, 5) is 27.6. The molecule has 3 aromatic rings. The molecule has 0 spiro atoms. The van der Waals surface area contributed by atoms with Gasteiger partial charge < -0.3 is 19.7 Å². The van der Waals surface area contributed by atoms with Crippen LogP contribution in [0.5, 0.6) is 0 Å². The van der Waals surface area contributed by atoms with E-state index < -0.39 is 5.97 Å². The zero-order valence-electron chi connectivity index (χ0n) is 17.8. The number of halogens is 1. The fraction of sp³-hybridized carbons (Fsp3) is 0.261. The van der Waals surface area contributed by atoms with Crippen molar-refractivity contribution in [2.75, 3.05) is 43.6 Å². The van der Waals surface area contributed by atoms with Crippen molar-refractivity contribution in [2.45, 2.75) is 6.92 Å². The van der Waals surface area contributed by atoms with Crippen LogP contribution in [-0.2, 0) is 9.47 Å². The summed E-state index contributed by atoms with van der Waals surface area (Å²) < 4.78 is 12.0. The first-order valence-electron chi connectivity index (χ1n) is 10.1. The highest BCUT2D eigenvalue weighted by Crippen LogP contribution is 2.26. The molecule has 0 unspecified atom stereocenters. The number of esters is 1. The number of nitrogens with zero attached hydrogens (tertiary/aromatic N) is 3. The van der Waals surface area contributed by atoms with Crippen LogP contribution >= 0.6 is 11.6 Å². The van der Waals surface area contributed by atoms with Crippen LogP contribution in [0, 0.1) is 6.92 Å². The molecule has 1 amide bonds. The third-order valence-corrected chi connectivity index (χ3v) is 5.58. The van der Waals surface area contributed by atoms with Crippen molar-refractivity contribution in [2.24, 2.45) is 0 Å². The van der Waals surface area contributed by atoms with E-state index in [1.807, 2.05) is 18.2 Å². The van der Waals surface area contributed by atoms with Gasteiger partial charge in [0, 0.05) is 23.8 Å². The minimum Gasteiger partial charge on any atom is -0.465 e. The number of methoxy groups -OCH3 is 1. The molecule has 1 aliphatic rings. The lowest BCUT2D eigenvalue weighted by Gasteiger charge is -2.29. The highest BCUT2D eigenvalue weighted by atomic mass is 35.5. The molecule has 0 radical (unpaired) electrons. The van der Waals surface area contributed by atoms with Crippen LogP contribution in [0.1, 0.15) is 26.4 Å². The highest BCUT2D eigenvalue weighted by molar-refractivity contribution is 6.30. The van der Waals surface area contributed by atoms with E-state index >= 15 is 0 Å². The maximum atomic E-state index is 13.0. The molecule has 2 aromatic carbocycles. The fourth-order valence-corrected chi connectivity index (χ4v) is 3.81. The number of morpholine rings is 1. The molecule has 8 nitrogen and oxygen atoms in total. The number of aromatic nitrogens is 2. The van der Waals surface area contributed by atoms with Crippen molar-refractivity contribution in [1.29, 1.82) is 0 Å². The lowest BCUT2D eigenvalue weighted by atomic mass is 10.1. The number of carbonyl (C=O) groups is 2. The standard InChI is InChI=1S/C23H23ClN4O4/c1-15-20(14-25-28(15)18-5-3-4-16(24)12-18)22(29)26-21-7-6-17(13-19(21)23(30)31-2)27-8-10-32-11-9-27/h3-7,12-14H,8-11H2,1-2H3,(H,26,29). The number of rotatable bonds is 5. The Labute approximate surface area is 190 Å². The van der Waals surface area contributed by atoms with E-state index in [2.05, 4.69) is 15.3 Å². The smallest absolute Gasteiger partial charge is 0.340 e. The van der Waals surface area contributed by atoms with Crippen molar-refractivity contribution in [1.82, 2.24) is 9.78 Å². The third kappa shape index (κ3) is 4.46. The van der Waals surface area contributed by atoms with Gasteiger partial charge in [0.1, 0.15) is 0 Å². The predicted molar refractivity (Wildman–Crippen MR) is 122 cm³/mol. The third-order valence-electron chi connectivity index (χ3n) is 5.34. The van der Waals surface area contributed by atoms with Gasteiger partial charge >= 0.3 is 5.97 Å². The second-order valence-electron chi connectivity index (χ2n) is 7.31. The molecule has 9 heteroatoms. The van der Waals surface area contributed by atoms with Crippen LogP contribution in [0.3, 0.4) is 0 Å². The molecule has 1 saturated heterocycles. The second-order valence-corrected chi connectivity index (χ2v) is 7.75. The van der Waals surface area contributed by atoms with E-state index in [0.717, 1.165) is 24.5 Å². The normalized spacial score (nSPS) is 13.7. The summed E-state index contributed by atoms with van der Waals surface area (Å²) in [7, 11) is 1.31. The molecule has 0 atom stereocenters. The molecular weight excluding hydrogens is 432 g/mol. The highest BCUT2D eigenvalue weighted by Gasteiger charge is 2.21. The summed E-state index contributed by atoms with van der Waals surface area (Å²) in [5, 5.41) is 7.73. The fourth-order valence-electron chi connectivity index (χ4n) is 3.63. The van der Waals surface area contributed by atoms with Gasteiger partial charge in [-0.3, -0.25) is 4.79 Å². The van der Waals surface area contributed by atoms with Gasteiger partial charge in [0.15, 0.2) is 0 Å². The Morgan fingerprint density at radius 1 is 1.09 bits per heavy atom. The number of carbonyl (C=O) groups excluding carboxylic acids is 2. The van der Waals surface area contributed by atoms with Gasteiger partial charge in [-0.15, -0.1) is 0 Å². The van der Waals surface area contributed by atoms with E-state index in [0.29, 0.717) is 35.2 Å². The zero-order valence-corrected chi connectivity index (χ0v) is 18.6. The molecular formula is C23H23ClN4O4. The lowest BCUT2D eigenvalue weighted by Crippen LogP contribution is -2.36. The van der Waals surface area contributed by atoms with Crippen molar-refractivity contribution < 1.29 is 19.1 Å². The molecule has 2 heterocycles. The average Bonchev–Trinajstić information content (AvgIpc) is 3.20. The largest absolute Gasteiger partial charge is 0.465 e. The Kier molecular flexibility index (Phi) is 6.43. The van der Waals surface area contributed by atoms with Gasteiger partial charge in [-0.1, -0.05) is 17.7 Å². The first-order chi connectivity index (χ1) is 15.5. The molecule has 166 valence electrons. The van der Waals surface area contributed by atoms with Crippen LogP contribution < -0.4 is 10.2 Å². The van der Waals surface area contributed by atoms with E-state index in [1.165, 1.54) is 13.3 Å². The minimum atomic E-state index is -0.526. The summed E-state index contributed by atoms with van der Waals surface area (Å²) in [6, 6.07) is 12.5. The number of hydrogen-bond acceptors (Lipinski definition) is 6. The summed E-state index contributed by atoms with van der Waals surface area (Å²) >= 11 is 6.08. The van der Waals surface area contributed by atoms with E-state index in [4.69, 9.17) is 21.1 Å². The van der Waals surface area contributed by atoms with E-state index in [-0.39, 0.29) is 11.5 Å². The van der Waals surface area contributed by atoms with Gasteiger partial charge in [0.2, 0.25) is 0 Å². The predicted octanol–water partition coefficient (Wildman–Crippen LogP) is 3.71. The van der Waals surface area contributed by atoms with Gasteiger partial charge in [0.25, 0.3) is 5.91 Å².